The zero-order valence-corrected chi connectivity index (χ0v) is 13.7. The van der Waals surface area contributed by atoms with E-state index in [1.165, 1.54) is 0 Å². The van der Waals surface area contributed by atoms with Gasteiger partial charge in [-0.2, -0.15) is 11.8 Å². The van der Waals surface area contributed by atoms with Gasteiger partial charge in [-0.25, -0.2) is 0 Å². The molecule has 1 saturated heterocycles. The van der Waals surface area contributed by atoms with Crippen molar-refractivity contribution >= 4 is 29.3 Å². The molecule has 1 N–H and O–H groups in total. The second kappa shape index (κ2) is 8.03. The lowest BCUT2D eigenvalue weighted by Crippen LogP contribution is -2.50. The van der Waals surface area contributed by atoms with Crippen molar-refractivity contribution in [2.75, 3.05) is 44.7 Å². The molecule has 1 fully saturated rings. The van der Waals surface area contributed by atoms with Gasteiger partial charge in [0, 0.05) is 43.5 Å². The van der Waals surface area contributed by atoms with Crippen LogP contribution in [0.5, 0.6) is 0 Å². The number of amides is 1. The molecule has 0 aliphatic carbocycles. The van der Waals surface area contributed by atoms with Gasteiger partial charge in [0.15, 0.2) is 6.10 Å². The van der Waals surface area contributed by atoms with E-state index in [0.717, 1.165) is 25.4 Å². The van der Waals surface area contributed by atoms with Crippen LogP contribution in [-0.2, 0) is 4.79 Å². The smallest absolute Gasteiger partial charge is 0.256 e. The lowest BCUT2D eigenvalue weighted by molar-refractivity contribution is -0.142. The predicted molar refractivity (Wildman–Crippen MR) is 87.8 cm³/mol. The van der Waals surface area contributed by atoms with E-state index in [1.54, 1.807) is 29.2 Å². The lowest BCUT2D eigenvalue weighted by atomic mass is 10.1. The van der Waals surface area contributed by atoms with Gasteiger partial charge in [0.25, 0.3) is 5.91 Å². The first kappa shape index (κ1) is 16.6. The molecule has 21 heavy (non-hydrogen) atoms. The maximum absolute atomic E-state index is 12.3. The Bertz CT molecular complexity index is 461. The van der Waals surface area contributed by atoms with E-state index in [0.29, 0.717) is 23.7 Å². The summed E-state index contributed by atoms with van der Waals surface area (Å²) >= 11 is 7.65. The highest BCUT2D eigenvalue weighted by Gasteiger charge is 2.26. The summed E-state index contributed by atoms with van der Waals surface area (Å²) in [6.45, 7) is 4.16. The summed E-state index contributed by atoms with van der Waals surface area (Å²) in [7, 11) is 0. The highest BCUT2D eigenvalue weighted by atomic mass is 35.5. The van der Waals surface area contributed by atoms with Gasteiger partial charge in [-0.3, -0.25) is 9.69 Å². The van der Waals surface area contributed by atoms with E-state index in [1.807, 2.05) is 11.8 Å². The van der Waals surface area contributed by atoms with E-state index < -0.39 is 6.10 Å². The summed E-state index contributed by atoms with van der Waals surface area (Å²) in [6, 6.07) is 6.76. The number of benzene rings is 1. The van der Waals surface area contributed by atoms with Gasteiger partial charge in [-0.05, 0) is 24.0 Å². The minimum absolute atomic E-state index is 0.221. The van der Waals surface area contributed by atoms with E-state index in [9.17, 15) is 9.90 Å². The topological polar surface area (TPSA) is 43.8 Å². The van der Waals surface area contributed by atoms with Crippen LogP contribution in [0.15, 0.2) is 24.3 Å². The first-order valence-corrected chi connectivity index (χ1v) is 8.82. The Morgan fingerprint density at radius 1 is 1.29 bits per heavy atom. The number of nitrogens with zero attached hydrogens (tertiary/aromatic N) is 2. The molecule has 6 heteroatoms. The van der Waals surface area contributed by atoms with Crippen molar-refractivity contribution in [2.24, 2.45) is 0 Å². The molecule has 0 radical (unpaired) electrons. The summed E-state index contributed by atoms with van der Waals surface area (Å²) < 4.78 is 0. The number of rotatable bonds is 5. The second-order valence-electron chi connectivity index (χ2n) is 5.11. The zero-order valence-electron chi connectivity index (χ0n) is 12.2. The van der Waals surface area contributed by atoms with E-state index in [4.69, 9.17) is 11.6 Å². The van der Waals surface area contributed by atoms with E-state index in [-0.39, 0.29) is 5.91 Å². The van der Waals surface area contributed by atoms with E-state index >= 15 is 0 Å². The van der Waals surface area contributed by atoms with Crippen LogP contribution >= 0.6 is 23.4 Å². The van der Waals surface area contributed by atoms with Crippen molar-refractivity contribution in [1.29, 1.82) is 0 Å². The zero-order chi connectivity index (χ0) is 15.2. The van der Waals surface area contributed by atoms with Crippen molar-refractivity contribution in [1.82, 2.24) is 9.80 Å². The van der Waals surface area contributed by atoms with Crippen molar-refractivity contribution in [2.45, 2.75) is 6.10 Å². The minimum atomic E-state index is -1.10. The average Bonchev–Trinajstić information content (AvgIpc) is 2.53. The van der Waals surface area contributed by atoms with E-state index in [2.05, 4.69) is 11.2 Å². The molecule has 1 aliphatic rings. The molecule has 2 rings (SSSR count). The number of carbonyl (C=O) groups excluding carboxylic acids is 1. The minimum Gasteiger partial charge on any atom is -0.378 e. The van der Waals surface area contributed by atoms with Crippen molar-refractivity contribution in [3.05, 3.63) is 34.9 Å². The maximum Gasteiger partial charge on any atom is 0.256 e. The summed E-state index contributed by atoms with van der Waals surface area (Å²) in [5.74, 6) is 0.892. The Kier molecular flexibility index (Phi) is 6.36. The molecule has 1 unspecified atom stereocenters. The van der Waals surface area contributed by atoms with Crippen molar-refractivity contribution in [3.8, 4) is 0 Å². The summed E-state index contributed by atoms with van der Waals surface area (Å²) in [5, 5.41) is 10.8. The van der Waals surface area contributed by atoms with Crippen LogP contribution in [0, 0.1) is 0 Å². The van der Waals surface area contributed by atoms with Gasteiger partial charge in [-0.1, -0.05) is 23.7 Å². The molecule has 0 bridgehead atoms. The molecule has 0 saturated carbocycles. The van der Waals surface area contributed by atoms with Gasteiger partial charge in [0.1, 0.15) is 0 Å². The lowest BCUT2D eigenvalue weighted by Gasteiger charge is -2.35. The van der Waals surface area contributed by atoms with Gasteiger partial charge >= 0.3 is 0 Å². The number of hydrogen-bond donors (Lipinski definition) is 1. The number of hydrogen-bond acceptors (Lipinski definition) is 4. The van der Waals surface area contributed by atoms with Crippen LogP contribution < -0.4 is 0 Å². The highest BCUT2D eigenvalue weighted by molar-refractivity contribution is 7.98. The number of thioether (sulfide) groups is 1. The van der Waals surface area contributed by atoms with Crippen LogP contribution in [0.3, 0.4) is 0 Å². The fourth-order valence-corrected chi connectivity index (χ4v) is 2.94. The highest BCUT2D eigenvalue weighted by Crippen LogP contribution is 2.19. The molecule has 116 valence electrons. The number of halogens is 1. The SMILES string of the molecule is CSCCN1CCN(C(=O)C(O)c2ccc(Cl)cc2)CC1. The molecular weight excluding hydrogens is 308 g/mol. The predicted octanol–water partition coefficient (Wildman–Crippen LogP) is 1.88. The molecular formula is C15H21ClN2O2S. The third-order valence-corrected chi connectivity index (χ3v) is 4.56. The van der Waals surface area contributed by atoms with Crippen LogP contribution in [0.4, 0.5) is 0 Å². The van der Waals surface area contributed by atoms with Crippen LogP contribution in [0.2, 0.25) is 5.02 Å². The standard InChI is InChI=1S/C15H21ClN2O2S/c1-21-11-10-17-6-8-18(9-7-17)15(20)14(19)12-2-4-13(16)5-3-12/h2-5,14,19H,6-11H2,1H3. The first-order chi connectivity index (χ1) is 10.1. The van der Waals surface area contributed by atoms with Gasteiger partial charge in [0.2, 0.25) is 0 Å². The van der Waals surface area contributed by atoms with Crippen LogP contribution in [0.1, 0.15) is 11.7 Å². The average molecular weight is 329 g/mol. The summed E-state index contributed by atoms with van der Waals surface area (Å²) in [6.07, 6.45) is 1.00. The fourth-order valence-electron chi connectivity index (χ4n) is 2.37. The van der Waals surface area contributed by atoms with Crippen LogP contribution in [-0.4, -0.2) is 65.5 Å². The maximum atomic E-state index is 12.3. The third-order valence-electron chi connectivity index (χ3n) is 3.72. The van der Waals surface area contributed by atoms with Crippen molar-refractivity contribution in [3.63, 3.8) is 0 Å². The molecule has 4 nitrogen and oxygen atoms in total. The van der Waals surface area contributed by atoms with Gasteiger partial charge in [-0.15, -0.1) is 0 Å². The molecule has 1 amide bonds. The second-order valence-corrected chi connectivity index (χ2v) is 6.54. The number of aliphatic hydroxyl groups is 1. The Morgan fingerprint density at radius 2 is 1.90 bits per heavy atom. The Hall–Kier alpha value is -0.750. The monoisotopic (exact) mass is 328 g/mol. The largest absolute Gasteiger partial charge is 0.378 e. The van der Waals surface area contributed by atoms with Gasteiger partial charge < -0.3 is 10.0 Å². The number of carbonyl (C=O) groups is 1. The number of piperazine rings is 1. The molecule has 1 aromatic rings. The van der Waals surface area contributed by atoms with Gasteiger partial charge in [0.05, 0.1) is 0 Å². The Labute approximate surface area is 135 Å². The summed E-state index contributed by atoms with van der Waals surface area (Å²) in [4.78, 5) is 16.4. The van der Waals surface area contributed by atoms with Crippen molar-refractivity contribution < 1.29 is 9.90 Å². The Balaban J connectivity index is 1.88. The molecule has 0 aromatic heterocycles. The Morgan fingerprint density at radius 3 is 2.48 bits per heavy atom. The quantitative estimate of drug-likeness (QED) is 0.896. The first-order valence-electron chi connectivity index (χ1n) is 7.05. The summed E-state index contributed by atoms with van der Waals surface area (Å²) in [5.41, 5.74) is 0.592. The fraction of sp³-hybridized carbons (Fsp3) is 0.533. The molecule has 0 spiro atoms. The van der Waals surface area contributed by atoms with Crippen LogP contribution in [0.25, 0.3) is 0 Å². The molecule has 1 heterocycles. The third kappa shape index (κ3) is 4.61. The normalized spacial score (nSPS) is 17.8. The number of aliphatic hydroxyl groups excluding tert-OH is 1. The molecule has 1 aliphatic heterocycles. The molecule has 1 aromatic carbocycles. The molecule has 1 atom stereocenters.